The first-order valence-corrected chi connectivity index (χ1v) is 9.01. The number of para-hydroxylation sites is 1. The Bertz CT molecular complexity index is 1220. The maximum absolute atomic E-state index is 14.5. The SMILES string of the molecule is O=C(CC(O)=[NH+]c1ccccc1)Nc1ccc(Oc2ncnn3cccc23)c(F)c1. The van der Waals surface area contributed by atoms with Gasteiger partial charge in [0.05, 0.1) is 0 Å². The summed E-state index contributed by atoms with van der Waals surface area (Å²) >= 11 is 0. The van der Waals surface area contributed by atoms with Crippen molar-refractivity contribution in [2.75, 3.05) is 5.32 Å². The Morgan fingerprint density at radius 1 is 1.17 bits per heavy atom. The molecule has 1 amide bonds. The zero-order valence-corrected chi connectivity index (χ0v) is 15.6. The van der Waals surface area contributed by atoms with Gasteiger partial charge in [-0.1, -0.05) is 18.2 Å². The van der Waals surface area contributed by atoms with E-state index >= 15 is 0 Å². The lowest BCUT2D eigenvalue weighted by atomic mass is 10.2. The molecule has 0 atom stereocenters. The minimum Gasteiger partial charge on any atom is -0.463 e. The van der Waals surface area contributed by atoms with Gasteiger partial charge in [-0.2, -0.15) is 15.1 Å². The zero-order valence-electron chi connectivity index (χ0n) is 15.6. The molecule has 0 bridgehead atoms. The molecule has 0 fully saturated rings. The Hall–Kier alpha value is -4.27. The second kappa shape index (κ2) is 8.39. The normalized spacial score (nSPS) is 11.4. The number of hydrogen-bond acceptors (Lipinski definition) is 4. The predicted octanol–water partition coefficient (Wildman–Crippen LogP) is 2.36. The molecule has 2 aromatic heterocycles. The molecular formula is C21H17FN5O3+. The van der Waals surface area contributed by atoms with Crippen molar-refractivity contribution >= 4 is 28.7 Å². The van der Waals surface area contributed by atoms with Crippen molar-refractivity contribution in [1.82, 2.24) is 14.6 Å². The van der Waals surface area contributed by atoms with Gasteiger partial charge in [-0.3, -0.25) is 4.79 Å². The van der Waals surface area contributed by atoms with Crippen LogP contribution in [-0.2, 0) is 4.79 Å². The van der Waals surface area contributed by atoms with Gasteiger partial charge < -0.3 is 15.2 Å². The van der Waals surface area contributed by atoms with Crippen molar-refractivity contribution in [3.05, 3.63) is 79.0 Å². The highest BCUT2D eigenvalue weighted by Crippen LogP contribution is 2.27. The monoisotopic (exact) mass is 406 g/mol. The number of halogens is 1. The third-order valence-corrected chi connectivity index (χ3v) is 4.11. The van der Waals surface area contributed by atoms with Crippen LogP contribution in [0.3, 0.4) is 0 Å². The van der Waals surface area contributed by atoms with E-state index in [9.17, 15) is 14.3 Å². The van der Waals surface area contributed by atoms with Crippen LogP contribution < -0.4 is 15.0 Å². The Balaban J connectivity index is 1.42. The van der Waals surface area contributed by atoms with E-state index in [1.807, 2.05) is 6.07 Å². The van der Waals surface area contributed by atoms with E-state index in [0.717, 1.165) is 6.07 Å². The molecule has 0 spiro atoms. The van der Waals surface area contributed by atoms with E-state index in [-0.39, 0.29) is 29.6 Å². The number of rotatable bonds is 6. The van der Waals surface area contributed by atoms with Crippen LogP contribution in [0.4, 0.5) is 15.8 Å². The number of aliphatic hydroxyl groups is 1. The van der Waals surface area contributed by atoms with Crippen LogP contribution in [-0.4, -0.2) is 31.5 Å². The number of carbonyl (C=O) groups excluding carboxylic acids is 1. The molecule has 30 heavy (non-hydrogen) atoms. The van der Waals surface area contributed by atoms with Gasteiger partial charge in [0.2, 0.25) is 17.5 Å². The Morgan fingerprint density at radius 2 is 2.00 bits per heavy atom. The number of nitrogens with zero attached hydrogens (tertiary/aromatic N) is 3. The number of fused-ring (bicyclic) bond motifs is 1. The lowest BCUT2D eigenvalue weighted by molar-refractivity contribution is -0.367. The third-order valence-electron chi connectivity index (χ3n) is 4.11. The average molecular weight is 406 g/mol. The summed E-state index contributed by atoms with van der Waals surface area (Å²) in [5, 5.41) is 16.5. The standard InChI is InChI=1S/C21H16FN5O3/c22-16-11-15(26-20(29)12-19(28)25-14-5-2-1-3-6-14)8-9-18(16)30-21-17-7-4-10-27(17)24-13-23-21/h1-11,13H,12H2,(H,25,28)(H,26,29)/p+1. The number of aromatic nitrogens is 3. The lowest BCUT2D eigenvalue weighted by Gasteiger charge is -2.09. The number of anilines is 1. The summed E-state index contributed by atoms with van der Waals surface area (Å²) in [5.41, 5.74) is 1.47. The van der Waals surface area contributed by atoms with Gasteiger partial charge >= 0.3 is 5.90 Å². The smallest absolute Gasteiger partial charge is 0.347 e. The van der Waals surface area contributed by atoms with Crippen molar-refractivity contribution in [1.29, 1.82) is 0 Å². The van der Waals surface area contributed by atoms with Crippen LogP contribution in [0, 0.1) is 5.82 Å². The van der Waals surface area contributed by atoms with Gasteiger partial charge in [0.25, 0.3) is 0 Å². The zero-order chi connectivity index (χ0) is 20.9. The average Bonchev–Trinajstić information content (AvgIpc) is 3.20. The van der Waals surface area contributed by atoms with Crippen molar-refractivity contribution in [2.24, 2.45) is 0 Å². The molecule has 8 nitrogen and oxygen atoms in total. The van der Waals surface area contributed by atoms with Crippen LogP contribution in [0.5, 0.6) is 11.6 Å². The minimum absolute atomic E-state index is 0.0463. The van der Waals surface area contributed by atoms with E-state index in [2.05, 4.69) is 20.4 Å². The maximum atomic E-state index is 14.5. The quantitative estimate of drug-likeness (QED) is 0.337. The summed E-state index contributed by atoms with van der Waals surface area (Å²) in [4.78, 5) is 18.9. The molecule has 4 rings (SSSR count). The first-order valence-electron chi connectivity index (χ1n) is 9.01. The highest BCUT2D eigenvalue weighted by atomic mass is 19.1. The number of ether oxygens (including phenoxy) is 1. The fraction of sp³-hybridized carbons (Fsp3) is 0.0476. The molecule has 3 N–H and O–H groups in total. The molecule has 4 aromatic rings. The summed E-state index contributed by atoms with van der Waals surface area (Å²) in [6, 6.07) is 16.5. The van der Waals surface area contributed by atoms with E-state index in [4.69, 9.17) is 4.74 Å². The molecule has 0 aliphatic heterocycles. The maximum Gasteiger partial charge on any atom is 0.347 e. The lowest BCUT2D eigenvalue weighted by Crippen LogP contribution is -2.66. The number of nitrogens with one attached hydrogen (secondary N) is 2. The molecule has 0 unspecified atom stereocenters. The molecule has 0 saturated carbocycles. The van der Waals surface area contributed by atoms with Gasteiger partial charge in [0, 0.05) is 30.1 Å². The Morgan fingerprint density at radius 3 is 2.80 bits per heavy atom. The molecule has 2 aromatic carbocycles. The van der Waals surface area contributed by atoms with Crippen LogP contribution in [0.1, 0.15) is 6.42 Å². The van der Waals surface area contributed by atoms with E-state index in [1.54, 1.807) is 47.1 Å². The fourth-order valence-electron chi connectivity index (χ4n) is 2.78. The van der Waals surface area contributed by atoms with Crippen molar-refractivity contribution < 1.29 is 24.0 Å². The molecular weight excluding hydrogens is 389 g/mol. The topological polar surface area (TPSA) is 103 Å². The summed E-state index contributed by atoms with van der Waals surface area (Å²) in [6.07, 6.45) is 2.74. The van der Waals surface area contributed by atoms with E-state index in [0.29, 0.717) is 11.2 Å². The van der Waals surface area contributed by atoms with Gasteiger partial charge in [-0.05, 0) is 24.3 Å². The van der Waals surface area contributed by atoms with Crippen LogP contribution in [0.15, 0.2) is 73.2 Å². The minimum atomic E-state index is -0.674. The first kappa shape index (κ1) is 19.1. The highest BCUT2D eigenvalue weighted by molar-refractivity contribution is 6.01. The van der Waals surface area contributed by atoms with Crippen LogP contribution in [0.25, 0.3) is 5.52 Å². The van der Waals surface area contributed by atoms with Crippen molar-refractivity contribution in [2.45, 2.75) is 6.42 Å². The highest BCUT2D eigenvalue weighted by Gasteiger charge is 2.14. The largest absolute Gasteiger partial charge is 0.463 e. The Labute approximate surface area is 170 Å². The summed E-state index contributed by atoms with van der Waals surface area (Å²) < 4.78 is 21.6. The second-order valence-corrected chi connectivity index (χ2v) is 6.31. The fourth-order valence-corrected chi connectivity index (χ4v) is 2.78. The molecule has 0 aliphatic carbocycles. The van der Waals surface area contributed by atoms with Crippen molar-refractivity contribution in [3.63, 3.8) is 0 Å². The predicted molar refractivity (Wildman–Crippen MR) is 107 cm³/mol. The summed E-state index contributed by atoms with van der Waals surface area (Å²) in [6.45, 7) is 0. The molecule has 2 heterocycles. The van der Waals surface area contributed by atoms with Crippen molar-refractivity contribution in [3.8, 4) is 11.6 Å². The van der Waals surface area contributed by atoms with Gasteiger partial charge in [0.1, 0.15) is 18.3 Å². The Kier molecular flexibility index (Phi) is 5.33. The second-order valence-electron chi connectivity index (χ2n) is 6.31. The summed E-state index contributed by atoms with van der Waals surface area (Å²) in [5.74, 6) is -1.24. The van der Waals surface area contributed by atoms with E-state index < -0.39 is 11.7 Å². The molecule has 150 valence electrons. The molecule has 0 saturated heterocycles. The van der Waals surface area contributed by atoms with Gasteiger partial charge in [-0.15, -0.1) is 0 Å². The summed E-state index contributed by atoms with van der Waals surface area (Å²) in [7, 11) is 0. The van der Waals surface area contributed by atoms with E-state index in [1.165, 1.54) is 18.5 Å². The van der Waals surface area contributed by atoms with Gasteiger partial charge in [0.15, 0.2) is 11.6 Å². The number of benzene rings is 2. The third kappa shape index (κ3) is 4.41. The van der Waals surface area contributed by atoms with Gasteiger partial charge in [-0.25, -0.2) is 8.91 Å². The molecule has 0 aliphatic rings. The number of aliphatic hydroxyl groups excluding tert-OH is 1. The van der Waals surface area contributed by atoms with Crippen LogP contribution >= 0.6 is 0 Å². The molecule has 9 heteroatoms. The number of hydrogen-bond donors (Lipinski definition) is 3. The number of carbonyl (C=O) groups is 1. The van der Waals surface area contributed by atoms with Crippen LogP contribution in [0.2, 0.25) is 0 Å². The first-order chi connectivity index (χ1) is 14.6. The molecule has 0 radical (unpaired) electrons. The number of amides is 1.